The van der Waals surface area contributed by atoms with Crippen molar-refractivity contribution in [3.63, 3.8) is 0 Å². The van der Waals surface area contributed by atoms with Gasteiger partial charge in [-0.15, -0.1) is 0 Å². The first kappa shape index (κ1) is 23.1. The number of benzene rings is 2. The number of hydrogen-bond acceptors (Lipinski definition) is 6. The molecule has 0 aromatic heterocycles. The van der Waals surface area contributed by atoms with Gasteiger partial charge in [-0.05, 0) is 47.9 Å². The molecule has 2 aromatic carbocycles. The van der Waals surface area contributed by atoms with E-state index in [1.807, 2.05) is 54.4 Å². The van der Waals surface area contributed by atoms with E-state index >= 15 is 0 Å². The van der Waals surface area contributed by atoms with Crippen LogP contribution in [0.1, 0.15) is 58.8 Å². The van der Waals surface area contributed by atoms with Crippen molar-refractivity contribution >= 4 is 18.0 Å². The van der Waals surface area contributed by atoms with Crippen LogP contribution in [0.3, 0.4) is 0 Å². The number of rotatable bonds is 7. The number of hydrogen-bond donors (Lipinski definition) is 2. The van der Waals surface area contributed by atoms with E-state index in [0.29, 0.717) is 37.2 Å². The van der Waals surface area contributed by atoms with E-state index in [1.165, 1.54) is 0 Å². The molecule has 2 aromatic rings. The minimum absolute atomic E-state index is 0.0405. The van der Waals surface area contributed by atoms with Crippen molar-refractivity contribution in [2.24, 2.45) is 16.8 Å². The van der Waals surface area contributed by atoms with Crippen molar-refractivity contribution in [3.8, 4) is 0 Å². The van der Waals surface area contributed by atoms with E-state index in [2.05, 4.69) is 5.10 Å². The van der Waals surface area contributed by atoms with Crippen LogP contribution in [0, 0.1) is 5.92 Å². The summed E-state index contributed by atoms with van der Waals surface area (Å²) in [6.07, 6.45) is 3.95. The van der Waals surface area contributed by atoms with E-state index in [-0.39, 0.29) is 18.1 Å². The molecule has 2 aliphatic rings. The zero-order valence-electron chi connectivity index (χ0n) is 19.0. The minimum Gasteiger partial charge on any atom is -0.481 e. The van der Waals surface area contributed by atoms with Gasteiger partial charge in [0.05, 0.1) is 38.9 Å². The number of ketones is 1. The van der Waals surface area contributed by atoms with Crippen LogP contribution in [0.15, 0.2) is 47.6 Å². The molecule has 1 saturated heterocycles. The molecule has 3 N–H and O–H groups in total. The largest absolute Gasteiger partial charge is 0.481 e. The summed E-state index contributed by atoms with van der Waals surface area (Å²) in [5, 5.41) is 15.7. The van der Waals surface area contributed by atoms with Crippen LogP contribution in [-0.2, 0) is 21.5 Å². The Morgan fingerprint density at radius 1 is 1.18 bits per heavy atom. The topological polar surface area (TPSA) is 105 Å². The van der Waals surface area contributed by atoms with Crippen molar-refractivity contribution in [3.05, 3.63) is 70.3 Å². The molecule has 4 rings (SSSR count). The van der Waals surface area contributed by atoms with Crippen LogP contribution in [0.4, 0.5) is 0 Å². The highest BCUT2D eigenvalue weighted by Crippen LogP contribution is 2.42. The molecule has 1 fully saturated rings. The van der Waals surface area contributed by atoms with Gasteiger partial charge in [0.25, 0.3) is 0 Å². The molecule has 0 amide bonds. The quantitative estimate of drug-likeness (QED) is 0.497. The summed E-state index contributed by atoms with van der Waals surface area (Å²) in [7, 11) is 0. The van der Waals surface area contributed by atoms with Gasteiger partial charge in [0.2, 0.25) is 0 Å². The number of carbonyl (C=O) groups is 2. The summed E-state index contributed by atoms with van der Waals surface area (Å²) in [5.41, 5.74) is 10.2. The SMILES string of the molecule is CCC1(N)c2ccc(C(=O)c3ccc(C=NN4CCOCC4)cc3)cc2CCC1CC(=O)O. The Labute approximate surface area is 194 Å². The van der Waals surface area contributed by atoms with Crippen LogP contribution < -0.4 is 5.73 Å². The van der Waals surface area contributed by atoms with E-state index in [0.717, 1.165) is 36.2 Å². The Morgan fingerprint density at radius 2 is 1.88 bits per heavy atom. The minimum atomic E-state index is -0.822. The maximum atomic E-state index is 13.1. The number of fused-ring (bicyclic) bond motifs is 1. The Kier molecular flexibility index (Phi) is 6.91. The molecule has 0 radical (unpaired) electrons. The molecule has 0 saturated carbocycles. The average molecular weight is 450 g/mol. The number of nitrogens with zero attached hydrogens (tertiary/aromatic N) is 2. The van der Waals surface area contributed by atoms with E-state index in [9.17, 15) is 14.7 Å². The Balaban J connectivity index is 1.50. The molecule has 7 nitrogen and oxygen atoms in total. The molecule has 1 aliphatic heterocycles. The summed E-state index contributed by atoms with van der Waals surface area (Å²) < 4.78 is 5.33. The molecule has 1 aliphatic carbocycles. The number of aliphatic carboxylic acids is 1. The van der Waals surface area contributed by atoms with Gasteiger partial charge in [0, 0.05) is 16.7 Å². The third kappa shape index (κ3) is 4.99. The fourth-order valence-corrected chi connectivity index (χ4v) is 4.88. The molecule has 2 atom stereocenters. The first-order valence-electron chi connectivity index (χ1n) is 11.6. The molecule has 0 spiro atoms. The monoisotopic (exact) mass is 449 g/mol. The second-order valence-electron chi connectivity index (χ2n) is 8.86. The summed E-state index contributed by atoms with van der Waals surface area (Å²) in [4.78, 5) is 24.4. The molecular formula is C26H31N3O4. The second kappa shape index (κ2) is 9.85. The smallest absolute Gasteiger partial charge is 0.303 e. The Hall–Kier alpha value is -3.03. The highest BCUT2D eigenvalue weighted by atomic mass is 16.5. The fraction of sp³-hybridized carbons (Fsp3) is 0.423. The van der Waals surface area contributed by atoms with Crippen LogP contribution in [-0.4, -0.2) is 54.4 Å². The Morgan fingerprint density at radius 3 is 2.55 bits per heavy atom. The third-order valence-electron chi connectivity index (χ3n) is 6.90. The lowest BCUT2D eigenvalue weighted by atomic mass is 9.67. The molecular weight excluding hydrogens is 418 g/mol. The molecule has 33 heavy (non-hydrogen) atoms. The van der Waals surface area contributed by atoms with Gasteiger partial charge in [-0.2, -0.15) is 5.10 Å². The maximum Gasteiger partial charge on any atom is 0.303 e. The van der Waals surface area contributed by atoms with Crippen molar-refractivity contribution in [2.45, 2.75) is 38.1 Å². The Bertz CT molecular complexity index is 1040. The van der Waals surface area contributed by atoms with Crippen LogP contribution in [0.2, 0.25) is 0 Å². The highest BCUT2D eigenvalue weighted by molar-refractivity contribution is 6.09. The van der Waals surface area contributed by atoms with Gasteiger partial charge < -0.3 is 15.6 Å². The first-order valence-corrected chi connectivity index (χ1v) is 11.6. The van der Waals surface area contributed by atoms with Crippen molar-refractivity contribution in [1.29, 1.82) is 0 Å². The predicted octanol–water partition coefficient (Wildman–Crippen LogP) is 3.18. The van der Waals surface area contributed by atoms with Gasteiger partial charge >= 0.3 is 5.97 Å². The first-order chi connectivity index (χ1) is 15.9. The van der Waals surface area contributed by atoms with Crippen molar-refractivity contribution in [2.75, 3.05) is 26.3 Å². The molecule has 1 heterocycles. The second-order valence-corrected chi connectivity index (χ2v) is 8.86. The molecule has 2 unspecified atom stereocenters. The van der Waals surface area contributed by atoms with Gasteiger partial charge in [0.15, 0.2) is 5.78 Å². The zero-order chi connectivity index (χ0) is 23.4. The van der Waals surface area contributed by atoms with Crippen LogP contribution >= 0.6 is 0 Å². The number of ether oxygens (including phenoxy) is 1. The number of aryl methyl sites for hydroxylation is 1. The molecule has 174 valence electrons. The van der Waals surface area contributed by atoms with Crippen LogP contribution in [0.25, 0.3) is 0 Å². The zero-order valence-corrected chi connectivity index (χ0v) is 19.0. The number of nitrogens with two attached hydrogens (primary N) is 1. The van der Waals surface area contributed by atoms with E-state index in [4.69, 9.17) is 10.5 Å². The normalized spacial score (nSPS) is 22.8. The summed E-state index contributed by atoms with van der Waals surface area (Å²) in [6, 6.07) is 13.1. The maximum absolute atomic E-state index is 13.1. The number of carboxylic acids is 1. The lowest BCUT2D eigenvalue weighted by Crippen LogP contribution is -2.47. The van der Waals surface area contributed by atoms with Gasteiger partial charge in [-0.1, -0.05) is 43.3 Å². The van der Waals surface area contributed by atoms with Gasteiger partial charge in [-0.25, -0.2) is 0 Å². The number of morpholine rings is 1. The average Bonchev–Trinajstić information content (AvgIpc) is 2.84. The fourth-order valence-electron chi connectivity index (χ4n) is 4.88. The summed E-state index contributed by atoms with van der Waals surface area (Å²) in [5.74, 6) is -0.973. The molecule has 7 heteroatoms. The van der Waals surface area contributed by atoms with Crippen molar-refractivity contribution < 1.29 is 19.4 Å². The lowest BCUT2D eigenvalue weighted by Gasteiger charge is -2.42. The standard InChI is InChI=1S/C26H31N3O4/c1-2-26(27)22(16-24(30)31)9-7-20-15-21(8-10-23(20)26)25(32)19-5-3-18(4-6-19)17-28-29-11-13-33-14-12-29/h3-6,8,10,15,17,22H,2,7,9,11-14,16,27H2,1H3,(H,30,31). The molecule has 0 bridgehead atoms. The predicted molar refractivity (Wildman–Crippen MR) is 127 cm³/mol. The number of carbonyl (C=O) groups excluding carboxylic acids is 1. The van der Waals surface area contributed by atoms with Crippen molar-refractivity contribution in [1.82, 2.24) is 5.01 Å². The number of carboxylic acid groups (broad SMARTS) is 1. The third-order valence-corrected chi connectivity index (χ3v) is 6.90. The van der Waals surface area contributed by atoms with E-state index in [1.54, 1.807) is 6.21 Å². The van der Waals surface area contributed by atoms with E-state index < -0.39 is 11.5 Å². The summed E-state index contributed by atoms with van der Waals surface area (Å²) >= 11 is 0. The number of hydrazone groups is 1. The van der Waals surface area contributed by atoms with Gasteiger partial charge in [0.1, 0.15) is 0 Å². The van der Waals surface area contributed by atoms with Crippen LogP contribution in [0.5, 0.6) is 0 Å². The lowest BCUT2D eigenvalue weighted by molar-refractivity contribution is -0.139. The van der Waals surface area contributed by atoms with Gasteiger partial charge in [-0.3, -0.25) is 14.6 Å². The summed E-state index contributed by atoms with van der Waals surface area (Å²) in [6.45, 7) is 4.94. The highest BCUT2D eigenvalue weighted by Gasteiger charge is 2.40.